The summed E-state index contributed by atoms with van der Waals surface area (Å²) in [6.45, 7) is 1.26. The number of halogens is 4. The van der Waals surface area contributed by atoms with Gasteiger partial charge in [-0.2, -0.15) is 0 Å². The van der Waals surface area contributed by atoms with E-state index in [9.17, 15) is 8.78 Å². The Hall–Kier alpha value is -0.970. The summed E-state index contributed by atoms with van der Waals surface area (Å²) in [5.74, 6) is -1.09. The quantitative estimate of drug-likeness (QED) is 0.761. The van der Waals surface area contributed by atoms with Crippen LogP contribution >= 0.6 is 27.5 Å². The lowest BCUT2D eigenvalue weighted by Crippen LogP contribution is -2.17. The van der Waals surface area contributed by atoms with Crippen molar-refractivity contribution in [1.82, 2.24) is 5.32 Å². The Morgan fingerprint density at radius 2 is 1.75 bits per heavy atom. The molecule has 0 aliphatic rings. The molecule has 0 unspecified atom stereocenters. The van der Waals surface area contributed by atoms with Crippen LogP contribution in [0, 0.1) is 11.6 Å². The predicted octanol–water partition coefficient (Wildman–Crippen LogP) is 4.71. The molecule has 2 aromatic carbocycles. The van der Waals surface area contributed by atoms with Gasteiger partial charge in [0.2, 0.25) is 0 Å². The van der Waals surface area contributed by atoms with E-state index in [4.69, 9.17) is 11.6 Å². The summed E-state index contributed by atoms with van der Waals surface area (Å²) in [5.41, 5.74) is 1.68. The van der Waals surface area contributed by atoms with E-state index in [2.05, 4.69) is 21.2 Å². The lowest BCUT2D eigenvalue weighted by Gasteiger charge is -2.08. The summed E-state index contributed by atoms with van der Waals surface area (Å²) < 4.78 is 27.0. The lowest BCUT2D eigenvalue weighted by molar-refractivity contribution is 0.577. The van der Waals surface area contributed by atoms with Gasteiger partial charge in [0, 0.05) is 22.1 Å². The molecule has 0 aromatic heterocycles. The van der Waals surface area contributed by atoms with Crippen LogP contribution in [0.3, 0.4) is 0 Å². The zero-order chi connectivity index (χ0) is 14.5. The number of hydrogen-bond acceptors (Lipinski definition) is 1. The van der Waals surface area contributed by atoms with E-state index >= 15 is 0 Å². The zero-order valence-corrected chi connectivity index (χ0v) is 12.9. The fourth-order valence-electron chi connectivity index (χ4n) is 1.89. The van der Waals surface area contributed by atoms with Crippen molar-refractivity contribution in [2.75, 3.05) is 6.54 Å². The van der Waals surface area contributed by atoms with E-state index in [0.29, 0.717) is 30.1 Å². The van der Waals surface area contributed by atoms with Crippen molar-refractivity contribution in [1.29, 1.82) is 0 Å². The van der Waals surface area contributed by atoms with Crippen LogP contribution in [0.4, 0.5) is 8.78 Å². The van der Waals surface area contributed by atoms with E-state index in [0.717, 1.165) is 16.1 Å². The van der Waals surface area contributed by atoms with E-state index in [-0.39, 0.29) is 0 Å². The first-order valence-electron chi connectivity index (χ1n) is 6.14. The monoisotopic (exact) mass is 359 g/mol. The fourth-order valence-corrected chi connectivity index (χ4v) is 2.47. The molecule has 1 N–H and O–H groups in total. The first-order valence-corrected chi connectivity index (χ1v) is 7.31. The molecule has 0 saturated carbocycles. The molecule has 0 saturated heterocycles. The molecule has 2 rings (SSSR count). The summed E-state index contributed by atoms with van der Waals surface area (Å²) in [4.78, 5) is 0. The van der Waals surface area contributed by atoms with Gasteiger partial charge in [0.05, 0.1) is 0 Å². The molecule has 106 valence electrons. The van der Waals surface area contributed by atoms with Crippen LogP contribution in [-0.4, -0.2) is 6.54 Å². The normalized spacial score (nSPS) is 10.8. The van der Waals surface area contributed by atoms with Gasteiger partial charge in [0.1, 0.15) is 11.6 Å². The van der Waals surface area contributed by atoms with Gasteiger partial charge in [-0.15, -0.1) is 0 Å². The van der Waals surface area contributed by atoms with E-state index in [1.54, 1.807) is 0 Å². The van der Waals surface area contributed by atoms with Crippen molar-refractivity contribution in [2.45, 2.75) is 13.0 Å². The average Bonchev–Trinajstić information content (AvgIpc) is 2.37. The highest BCUT2D eigenvalue weighted by Crippen LogP contribution is 2.20. The van der Waals surface area contributed by atoms with Gasteiger partial charge in [-0.05, 0) is 54.4 Å². The number of nitrogens with one attached hydrogen (secondary N) is 1. The zero-order valence-electron chi connectivity index (χ0n) is 10.6. The molecule has 0 aliphatic heterocycles. The summed E-state index contributed by atoms with van der Waals surface area (Å²) in [6.07, 6.45) is 0.562. The SMILES string of the molecule is Fc1cc(F)cc(CCNCc2cc(Cl)ccc2Br)c1. The molecule has 0 aliphatic carbocycles. The van der Waals surface area contributed by atoms with Crippen molar-refractivity contribution < 1.29 is 8.78 Å². The Bertz CT molecular complexity index is 584. The molecular formula is C15H13BrClF2N. The van der Waals surface area contributed by atoms with E-state index in [1.165, 1.54) is 12.1 Å². The topological polar surface area (TPSA) is 12.0 Å². The van der Waals surface area contributed by atoms with Crippen LogP contribution in [-0.2, 0) is 13.0 Å². The van der Waals surface area contributed by atoms with Crippen molar-refractivity contribution in [2.24, 2.45) is 0 Å². The van der Waals surface area contributed by atoms with Crippen LogP contribution in [0.5, 0.6) is 0 Å². The van der Waals surface area contributed by atoms with Crippen LogP contribution in [0.25, 0.3) is 0 Å². The fraction of sp³-hybridized carbons (Fsp3) is 0.200. The van der Waals surface area contributed by atoms with Gasteiger partial charge < -0.3 is 5.32 Å². The van der Waals surface area contributed by atoms with Crippen molar-refractivity contribution in [3.05, 3.63) is 68.7 Å². The van der Waals surface area contributed by atoms with Gasteiger partial charge in [-0.1, -0.05) is 27.5 Å². The molecule has 20 heavy (non-hydrogen) atoms. The molecule has 0 heterocycles. The van der Waals surface area contributed by atoms with Gasteiger partial charge in [-0.25, -0.2) is 8.78 Å². The highest BCUT2D eigenvalue weighted by atomic mass is 79.9. The van der Waals surface area contributed by atoms with Crippen molar-refractivity contribution in [3.8, 4) is 0 Å². The van der Waals surface area contributed by atoms with Crippen LogP contribution < -0.4 is 5.32 Å². The largest absolute Gasteiger partial charge is 0.312 e. The molecule has 1 nitrogen and oxygen atoms in total. The molecular weight excluding hydrogens is 348 g/mol. The minimum atomic E-state index is -0.544. The Balaban J connectivity index is 1.86. The third-order valence-corrected chi connectivity index (χ3v) is 3.84. The van der Waals surface area contributed by atoms with Crippen molar-refractivity contribution >= 4 is 27.5 Å². The Morgan fingerprint density at radius 3 is 2.45 bits per heavy atom. The summed E-state index contributed by atoms with van der Waals surface area (Å²) in [6, 6.07) is 9.15. The Kier molecular flexibility index (Phi) is 5.52. The maximum absolute atomic E-state index is 13.0. The van der Waals surface area contributed by atoms with Crippen LogP contribution in [0.2, 0.25) is 5.02 Å². The Labute approximate surface area is 130 Å². The van der Waals surface area contributed by atoms with E-state index < -0.39 is 11.6 Å². The number of hydrogen-bond donors (Lipinski definition) is 1. The third kappa shape index (κ3) is 4.54. The minimum Gasteiger partial charge on any atom is -0.312 e. The number of rotatable bonds is 5. The Morgan fingerprint density at radius 1 is 1.05 bits per heavy atom. The predicted molar refractivity (Wildman–Crippen MR) is 80.9 cm³/mol. The molecule has 0 bridgehead atoms. The lowest BCUT2D eigenvalue weighted by atomic mass is 10.1. The second kappa shape index (κ2) is 7.16. The summed E-state index contributed by atoms with van der Waals surface area (Å²) in [7, 11) is 0. The van der Waals surface area contributed by atoms with Gasteiger partial charge in [-0.3, -0.25) is 0 Å². The molecule has 2 aromatic rings. The second-order valence-corrected chi connectivity index (χ2v) is 5.73. The van der Waals surface area contributed by atoms with Crippen molar-refractivity contribution in [3.63, 3.8) is 0 Å². The second-order valence-electron chi connectivity index (χ2n) is 4.44. The summed E-state index contributed by atoms with van der Waals surface area (Å²) >= 11 is 9.38. The standard InChI is InChI=1S/C15H13BrClF2N/c16-15-2-1-12(17)7-11(15)9-20-4-3-10-5-13(18)8-14(19)6-10/h1-2,5-8,20H,3-4,9H2. The molecule has 0 atom stereocenters. The average molecular weight is 361 g/mol. The first-order chi connectivity index (χ1) is 9.54. The smallest absolute Gasteiger partial charge is 0.126 e. The first kappa shape index (κ1) is 15.4. The highest BCUT2D eigenvalue weighted by Gasteiger charge is 2.02. The molecule has 0 radical (unpaired) electrons. The third-order valence-electron chi connectivity index (χ3n) is 2.84. The maximum Gasteiger partial charge on any atom is 0.126 e. The molecule has 0 spiro atoms. The highest BCUT2D eigenvalue weighted by molar-refractivity contribution is 9.10. The number of benzene rings is 2. The van der Waals surface area contributed by atoms with Crippen LogP contribution in [0.1, 0.15) is 11.1 Å². The van der Waals surface area contributed by atoms with Gasteiger partial charge in [0.25, 0.3) is 0 Å². The molecule has 0 fully saturated rings. The maximum atomic E-state index is 13.0. The molecule has 5 heteroatoms. The van der Waals surface area contributed by atoms with Gasteiger partial charge >= 0.3 is 0 Å². The van der Waals surface area contributed by atoms with Crippen LogP contribution in [0.15, 0.2) is 40.9 Å². The van der Waals surface area contributed by atoms with E-state index in [1.807, 2.05) is 18.2 Å². The summed E-state index contributed by atoms with van der Waals surface area (Å²) in [5, 5.41) is 3.90. The minimum absolute atomic E-state index is 0.544. The van der Waals surface area contributed by atoms with Gasteiger partial charge in [0.15, 0.2) is 0 Å². The molecule has 0 amide bonds.